The van der Waals surface area contributed by atoms with E-state index in [1.54, 1.807) is 6.92 Å². The first-order valence-electron chi connectivity index (χ1n) is 6.58. The molecule has 0 aliphatic carbocycles. The lowest BCUT2D eigenvalue weighted by molar-refractivity contribution is -0.140. The summed E-state index contributed by atoms with van der Waals surface area (Å²) in [5, 5.41) is 9.30. The highest BCUT2D eigenvalue weighted by molar-refractivity contribution is 5.80. The van der Waals surface area contributed by atoms with E-state index in [-0.39, 0.29) is 5.52 Å². The average molecular weight is 282 g/mol. The summed E-state index contributed by atoms with van der Waals surface area (Å²) in [7, 11) is 0. The van der Waals surface area contributed by atoms with E-state index in [0.29, 0.717) is 24.2 Å². The first-order valence-corrected chi connectivity index (χ1v) is 6.58. The predicted octanol–water partition coefficient (Wildman–Crippen LogP) is 3.30. The molecule has 0 aliphatic heterocycles. The summed E-state index contributed by atoms with van der Waals surface area (Å²) >= 11 is 0. The monoisotopic (exact) mass is 282 g/mol. The fourth-order valence-electron chi connectivity index (χ4n) is 2.36. The van der Waals surface area contributed by atoms with Gasteiger partial charge in [0.2, 0.25) is 0 Å². The molecule has 0 spiro atoms. The number of halogens is 2. The summed E-state index contributed by atoms with van der Waals surface area (Å²) in [4.78, 5) is 15.6. The van der Waals surface area contributed by atoms with Crippen LogP contribution in [0.4, 0.5) is 8.78 Å². The van der Waals surface area contributed by atoms with Crippen molar-refractivity contribution in [3.05, 3.63) is 29.6 Å². The van der Waals surface area contributed by atoms with E-state index < -0.39 is 23.6 Å². The molecule has 6 heteroatoms. The second-order valence-corrected chi connectivity index (χ2v) is 4.67. The number of rotatable bonds is 5. The molecule has 108 valence electrons. The largest absolute Gasteiger partial charge is 0.480 e. The summed E-state index contributed by atoms with van der Waals surface area (Å²) in [6.07, 6.45) is 1.67. The first kappa shape index (κ1) is 14.4. The number of aromatic nitrogens is 2. The van der Waals surface area contributed by atoms with Crippen LogP contribution in [-0.2, 0) is 11.2 Å². The van der Waals surface area contributed by atoms with Crippen molar-refractivity contribution in [2.45, 2.75) is 39.2 Å². The Kier molecular flexibility index (Phi) is 4.01. The maximum Gasteiger partial charge on any atom is 0.326 e. The molecule has 1 N–H and O–H groups in total. The Labute approximate surface area is 115 Å². The van der Waals surface area contributed by atoms with Crippen molar-refractivity contribution in [3.8, 4) is 0 Å². The van der Waals surface area contributed by atoms with Crippen LogP contribution in [0.15, 0.2) is 12.1 Å². The number of hydrogen-bond donors (Lipinski definition) is 1. The molecule has 0 saturated carbocycles. The fraction of sp³-hybridized carbons (Fsp3) is 0.429. The first-order chi connectivity index (χ1) is 9.49. The molecular weight excluding hydrogens is 266 g/mol. The van der Waals surface area contributed by atoms with Crippen molar-refractivity contribution in [3.63, 3.8) is 0 Å². The van der Waals surface area contributed by atoms with Crippen LogP contribution in [0.25, 0.3) is 11.0 Å². The van der Waals surface area contributed by atoms with Crippen molar-refractivity contribution in [1.29, 1.82) is 0 Å². The zero-order valence-electron chi connectivity index (χ0n) is 11.4. The molecule has 0 amide bonds. The molecule has 1 aromatic heterocycles. The maximum absolute atomic E-state index is 13.4. The summed E-state index contributed by atoms with van der Waals surface area (Å²) in [5.74, 6) is -2.44. The van der Waals surface area contributed by atoms with Gasteiger partial charge in [-0.2, -0.15) is 0 Å². The van der Waals surface area contributed by atoms with E-state index >= 15 is 0 Å². The van der Waals surface area contributed by atoms with Crippen LogP contribution in [0.3, 0.4) is 0 Å². The van der Waals surface area contributed by atoms with Crippen molar-refractivity contribution in [2.24, 2.45) is 0 Å². The molecule has 2 aromatic rings. The van der Waals surface area contributed by atoms with Crippen LogP contribution in [0.2, 0.25) is 0 Å². The molecule has 2 rings (SSSR count). The Morgan fingerprint density at radius 2 is 2.00 bits per heavy atom. The Morgan fingerprint density at radius 3 is 2.55 bits per heavy atom. The molecule has 0 bridgehead atoms. The minimum atomic E-state index is -1.01. The Balaban J connectivity index is 2.73. The van der Waals surface area contributed by atoms with Gasteiger partial charge in [0.05, 0.1) is 11.0 Å². The predicted molar refractivity (Wildman–Crippen MR) is 70.6 cm³/mol. The van der Waals surface area contributed by atoms with Crippen molar-refractivity contribution in [1.82, 2.24) is 9.55 Å². The smallest absolute Gasteiger partial charge is 0.326 e. The zero-order valence-corrected chi connectivity index (χ0v) is 11.4. The van der Waals surface area contributed by atoms with Crippen LogP contribution in [0.1, 0.15) is 38.6 Å². The van der Waals surface area contributed by atoms with Gasteiger partial charge in [0, 0.05) is 18.6 Å². The van der Waals surface area contributed by atoms with Crippen LogP contribution in [-0.4, -0.2) is 20.6 Å². The number of fused-ring (bicyclic) bond motifs is 1. The summed E-state index contributed by atoms with van der Waals surface area (Å²) < 4.78 is 28.2. The van der Waals surface area contributed by atoms with Gasteiger partial charge in [-0.25, -0.2) is 18.6 Å². The van der Waals surface area contributed by atoms with Gasteiger partial charge in [-0.05, 0) is 12.8 Å². The number of carboxylic acid groups (broad SMARTS) is 1. The molecular formula is C14H16F2N2O2. The van der Waals surface area contributed by atoms with Crippen LogP contribution in [0, 0.1) is 11.6 Å². The van der Waals surface area contributed by atoms with E-state index in [9.17, 15) is 18.7 Å². The van der Waals surface area contributed by atoms with E-state index in [0.717, 1.165) is 18.6 Å². The van der Waals surface area contributed by atoms with Crippen molar-refractivity contribution in [2.75, 3.05) is 0 Å². The number of carbonyl (C=O) groups is 1. The lowest BCUT2D eigenvalue weighted by Gasteiger charge is -2.16. The molecule has 0 radical (unpaired) electrons. The average Bonchev–Trinajstić information content (AvgIpc) is 2.70. The molecule has 1 atom stereocenters. The Bertz CT molecular complexity index is 652. The number of benzene rings is 1. The van der Waals surface area contributed by atoms with Gasteiger partial charge in [0.1, 0.15) is 11.9 Å². The third-order valence-corrected chi connectivity index (χ3v) is 3.26. The highest BCUT2D eigenvalue weighted by atomic mass is 19.2. The quantitative estimate of drug-likeness (QED) is 0.915. The standard InChI is InChI=1S/C14H16F2N2O2/c1-3-5-13-17-10-6-8(15)9(16)7-12(10)18(13)11(4-2)14(19)20/h6-7,11H,3-5H2,1-2H3,(H,19,20). The minimum Gasteiger partial charge on any atom is -0.480 e. The molecule has 0 saturated heterocycles. The van der Waals surface area contributed by atoms with Crippen molar-refractivity contribution >= 4 is 17.0 Å². The third-order valence-electron chi connectivity index (χ3n) is 3.26. The van der Waals surface area contributed by atoms with Crippen molar-refractivity contribution < 1.29 is 18.7 Å². The summed E-state index contributed by atoms with van der Waals surface area (Å²) in [6, 6.07) is 1.20. The normalized spacial score (nSPS) is 12.8. The van der Waals surface area contributed by atoms with Crippen LogP contribution >= 0.6 is 0 Å². The molecule has 1 unspecified atom stereocenters. The molecule has 0 fully saturated rings. The van der Waals surface area contributed by atoms with E-state index in [2.05, 4.69) is 4.98 Å². The molecule has 1 aromatic carbocycles. The highest BCUT2D eigenvalue weighted by Crippen LogP contribution is 2.26. The SMILES string of the molecule is CCCc1nc2cc(F)c(F)cc2n1C(CC)C(=O)O. The maximum atomic E-state index is 13.4. The van der Waals surface area contributed by atoms with Gasteiger partial charge in [-0.15, -0.1) is 0 Å². The molecule has 20 heavy (non-hydrogen) atoms. The second kappa shape index (κ2) is 5.56. The topological polar surface area (TPSA) is 55.1 Å². The van der Waals surface area contributed by atoms with E-state index in [4.69, 9.17) is 0 Å². The van der Waals surface area contributed by atoms with Crippen LogP contribution < -0.4 is 0 Å². The number of carboxylic acids is 1. The van der Waals surface area contributed by atoms with Gasteiger partial charge in [0.25, 0.3) is 0 Å². The number of hydrogen-bond acceptors (Lipinski definition) is 2. The number of aliphatic carboxylic acids is 1. The zero-order chi connectivity index (χ0) is 14.9. The lowest BCUT2D eigenvalue weighted by atomic mass is 10.2. The van der Waals surface area contributed by atoms with E-state index in [1.165, 1.54) is 4.57 Å². The van der Waals surface area contributed by atoms with Gasteiger partial charge in [-0.1, -0.05) is 13.8 Å². The Morgan fingerprint density at radius 1 is 1.35 bits per heavy atom. The molecule has 4 nitrogen and oxygen atoms in total. The number of aryl methyl sites for hydroxylation is 1. The summed E-state index contributed by atoms with van der Waals surface area (Å²) in [6.45, 7) is 3.67. The van der Waals surface area contributed by atoms with Gasteiger partial charge >= 0.3 is 5.97 Å². The number of imidazole rings is 1. The van der Waals surface area contributed by atoms with Crippen LogP contribution in [0.5, 0.6) is 0 Å². The fourth-order valence-corrected chi connectivity index (χ4v) is 2.36. The number of nitrogens with zero attached hydrogens (tertiary/aromatic N) is 2. The molecule has 1 heterocycles. The van der Waals surface area contributed by atoms with Gasteiger partial charge < -0.3 is 9.67 Å². The minimum absolute atomic E-state index is 0.284. The second-order valence-electron chi connectivity index (χ2n) is 4.67. The highest BCUT2D eigenvalue weighted by Gasteiger charge is 2.24. The Hall–Kier alpha value is -1.98. The molecule has 0 aliphatic rings. The third kappa shape index (κ3) is 2.37. The van der Waals surface area contributed by atoms with E-state index in [1.807, 2.05) is 6.92 Å². The van der Waals surface area contributed by atoms with Gasteiger partial charge in [0.15, 0.2) is 11.6 Å². The van der Waals surface area contributed by atoms with Gasteiger partial charge in [-0.3, -0.25) is 0 Å². The lowest BCUT2D eigenvalue weighted by Crippen LogP contribution is -2.20. The summed E-state index contributed by atoms with van der Waals surface area (Å²) in [5.41, 5.74) is 0.605.